The summed E-state index contributed by atoms with van der Waals surface area (Å²) in [6.07, 6.45) is 3.17. The van der Waals surface area contributed by atoms with Crippen LogP contribution in [0.2, 0.25) is 0 Å². The van der Waals surface area contributed by atoms with Crippen molar-refractivity contribution in [1.82, 2.24) is 30.5 Å². The molecule has 0 radical (unpaired) electrons. The fraction of sp³-hybridized carbons (Fsp3) is 0.259. The molecule has 2 amide bonds. The van der Waals surface area contributed by atoms with Crippen LogP contribution in [-0.2, 0) is 16.1 Å². The summed E-state index contributed by atoms with van der Waals surface area (Å²) >= 11 is 0. The summed E-state index contributed by atoms with van der Waals surface area (Å²) in [6.45, 7) is 7.28. The van der Waals surface area contributed by atoms with Crippen molar-refractivity contribution >= 4 is 17.5 Å². The number of halogens is 1. The number of amides is 2. The summed E-state index contributed by atoms with van der Waals surface area (Å²) in [7, 11) is 0. The topological polar surface area (TPSA) is 106 Å². The van der Waals surface area contributed by atoms with E-state index in [-0.39, 0.29) is 24.1 Å². The van der Waals surface area contributed by atoms with Gasteiger partial charge in [0.05, 0.1) is 0 Å². The number of hydrogen-bond donors (Lipinski definition) is 1. The Bertz CT molecular complexity index is 1380. The highest BCUT2D eigenvalue weighted by Crippen LogP contribution is 2.29. The van der Waals surface area contributed by atoms with E-state index in [9.17, 15) is 14.0 Å². The molecule has 0 aliphatic heterocycles. The molecule has 2 aromatic heterocycles. The summed E-state index contributed by atoms with van der Waals surface area (Å²) in [5, 5.41) is 15.3. The lowest BCUT2D eigenvalue weighted by molar-refractivity contribution is -0.128. The van der Waals surface area contributed by atoms with E-state index in [2.05, 4.69) is 25.7 Å². The first-order valence-corrected chi connectivity index (χ1v) is 11.8. The van der Waals surface area contributed by atoms with E-state index in [1.165, 1.54) is 29.2 Å². The Labute approximate surface area is 214 Å². The van der Waals surface area contributed by atoms with Crippen molar-refractivity contribution in [3.8, 4) is 11.4 Å². The van der Waals surface area contributed by atoms with Gasteiger partial charge in [0.1, 0.15) is 18.4 Å². The van der Waals surface area contributed by atoms with Crippen LogP contribution < -0.4 is 10.2 Å². The molecule has 0 aliphatic rings. The SMILES string of the molecule is Cc1cccc(N(C(=O)Cn2nnc(-c3ccc(F)cc3)n2)[C@@H](C(=O)NC(C)(C)C)c2ccncc2)c1. The van der Waals surface area contributed by atoms with Crippen LogP contribution in [-0.4, -0.2) is 42.5 Å². The van der Waals surface area contributed by atoms with Gasteiger partial charge in [-0.1, -0.05) is 12.1 Å². The quantitative estimate of drug-likeness (QED) is 0.412. The van der Waals surface area contributed by atoms with E-state index in [1.807, 2.05) is 45.9 Å². The molecular formula is C27H28FN7O2. The van der Waals surface area contributed by atoms with Crippen molar-refractivity contribution < 1.29 is 14.0 Å². The van der Waals surface area contributed by atoms with E-state index >= 15 is 0 Å². The van der Waals surface area contributed by atoms with Gasteiger partial charge in [-0.05, 0) is 92.6 Å². The van der Waals surface area contributed by atoms with Crippen molar-refractivity contribution in [2.24, 2.45) is 0 Å². The molecule has 1 N–H and O–H groups in total. The Balaban J connectivity index is 1.72. The number of nitrogens with one attached hydrogen (secondary N) is 1. The molecule has 190 valence electrons. The zero-order chi connectivity index (χ0) is 26.6. The number of aryl methyl sites for hydroxylation is 1. The Morgan fingerprint density at radius 1 is 1.05 bits per heavy atom. The van der Waals surface area contributed by atoms with Gasteiger partial charge < -0.3 is 5.32 Å². The van der Waals surface area contributed by atoms with Crippen LogP contribution in [0.15, 0.2) is 73.1 Å². The lowest BCUT2D eigenvalue weighted by Gasteiger charge is -2.33. The molecule has 0 bridgehead atoms. The van der Waals surface area contributed by atoms with E-state index in [1.54, 1.807) is 30.6 Å². The zero-order valence-electron chi connectivity index (χ0n) is 21.1. The van der Waals surface area contributed by atoms with Crippen LogP contribution in [0.1, 0.15) is 37.9 Å². The Hall–Kier alpha value is -4.47. The van der Waals surface area contributed by atoms with Gasteiger partial charge in [-0.3, -0.25) is 19.5 Å². The molecule has 1 atom stereocenters. The average Bonchev–Trinajstić information content (AvgIpc) is 3.30. The second kappa shape index (κ2) is 10.7. The van der Waals surface area contributed by atoms with E-state index in [0.717, 1.165) is 10.4 Å². The van der Waals surface area contributed by atoms with Gasteiger partial charge in [-0.15, -0.1) is 10.2 Å². The predicted molar refractivity (Wildman–Crippen MR) is 137 cm³/mol. The lowest BCUT2D eigenvalue weighted by atomic mass is 10.0. The first kappa shape index (κ1) is 25.6. The summed E-state index contributed by atoms with van der Waals surface area (Å²) < 4.78 is 13.3. The molecule has 37 heavy (non-hydrogen) atoms. The maximum Gasteiger partial charge on any atom is 0.251 e. The largest absolute Gasteiger partial charge is 0.349 e. The fourth-order valence-corrected chi connectivity index (χ4v) is 3.84. The molecule has 0 aliphatic carbocycles. The first-order valence-electron chi connectivity index (χ1n) is 11.8. The molecule has 0 saturated heterocycles. The Morgan fingerprint density at radius 2 is 1.76 bits per heavy atom. The first-order chi connectivity index (χ1) is 17.6. The number of carbonyl (C=O) groups is 2. The maximum absolute atomic E-state index is 13.9. The third-order valence-electron chi connectivity index (χ3n) is 5.41. The predicted octanol–water partition coefficient (Wildman–Crippen LogP) is 3.87. The highest BCUT2D eigenvalue weighted by molar-refractivity contribution is 6.01. The Morgan fingerprint density at radius 3 is 2.41 bits per heavy atom. The number of hydrogen-bond acceptors (Lipinski definition) is 6. The third kappa shape index (κ3) is 6.40. The van der Waals surface area contributed by atoms with Crippen molar-refractivity contribution in [3.05, 3.63) is 90.0 Å². The second-order valence-corrected chi connectivity index (χ2v) is 9.68. The average molecular weight is 502 g/mol. The van der Waals surface area contributed by atoms with Gasteiger partial charge >= 0.3 is 0 Å². The molecule has 2 heterocycles. The highest BCUT2D eigenvalue weighted by Gasteiger charge is 2.35. The normalized spacial score (nSPS) is 12.1. The van der Waals surface area contributed by atoms with Crippen molar-refractivity contribution in [2.45, 2.75) is 45.8 Å². The molecule has 0 unspecified atom stereocenters. The van der Waals surface area contributed by atoms with Crippen LogP contribution in [0.3, 0.4) is 0 Å². The number of carbonyl (C=O) groups excluding carboxylic acids is 2. The number of pyridine rings is 1. The minimum absolute atomic E-state index is 0.256. The van der Waals surface area contributed by atoms with E-state index < -0.39 is 17.5 Å². The van der Waals surface area contributed by atoms with Crippen LogP contribution in [0, 0.1) is 12.7 Å². The standard InChI is InChI=1S/C27H28FN7O2/c1-18-6-5-7-22(16-18)35(24(19-12-14-29-15-13-19)26(37)30-27(2,3)4)23(36)17-34-32-25(31-33-34)20-8-10-21(28)11-9-20/h5-16,24H,17H2,1-4H3,(H,30,37)/t24-/m1/s1. The maximum atomic E-state index is 13.9. The van der Waals surface area contributed by atoms with Crippen LogP contribution >= 0.6 is 0 Å². The van der Waals surface area contributed by atoms with Gasteiger partial charge in [-0.2, -0.15) is 4.80 Å². The number of tetrazole rings is 1. The zero-order valence-corrected chi connectivity index (χ0v) is 21.1. The van der Waals surface area contributed by atoms with Crippen molar-refractivity contribution in [3.63, 3.8) is 0 Å². The van der Waals surface area contributed by atoms with Crippen molar-refractivity contribution in [2.75, 3.05) is 4.90 Å². The highest BCUT2D eigenvalue weighted by atomic mass is 19.1. The van der Waals surface area contributed by atoms with E-state index in [4.69, 9.17) is 0 Å². The summed E-state index contributed by atoms with van der Waals surface area (Å²) in [5.74, 6) is -0.881. The minimum atomic E-state index is -0.975. The summed E-state index contributed by atoms with van der Waals surface area (Å²) in [6, 6.07) is 15.5. The number of nitrogens with zero attached hydrogens (tertiary/aromatic N) is 6. The Kier molecular flexibility index (Phi) is 7.37. The molecule has 2 aromatic carbocycles. The molecule has 4 aromatic rings. The molecule has 0 fully saturated rings. The summed E-state index contributed by atoms with van der Waals surface area (Å²) in [5.41, 5.74) is 2.12. The van der Waals surface area contributed by atoms with Gasteiger partial charge in [0, 0.05) is 29.2 Å². The monoisotopic (exact) mass is 501 g/mol. The summed E-state index contributed by atoms with van der Waals surface area (Å²) in [4.78, 5) is 34.2. The molecule has 4 rings (SSSR count). The van der Waals surface area contributed by atoms with Gasteiger partial charge in [0.15, 0.2) is 0 Å². The molecule has 0 spiro atoms. The van der Waals surface area contributed by atoms with Crippen LogP contribution in [0.4, 0.5) is 10.1 Å². The van der Waals surface area contributed by atoms with E-state index in [0.29, 0.717) is 16.8 Å². The van der Waals surface area contributed by atoms with Crippen LogP contribution in [0.25, 0.3) is 11.4 Å². The molecular weight excluding hydrogens is 473 g/mol. The lowest BCUT2D eigenvalue weighted by Crippen LogP contribution is -2.50. The number of aromatic nitrogens is 5. The number of benzene rings is 2. The van der Waals surface area contributed by atoms with Crippen LogP contribution in [0.5, 0.6) is 0 Å². The van der Waals surface area contributed by atoms with Gasteiger partial charge in [-0.25, -0.2) is 4.39 Å². The number of rotatable bonds is 7. The second-order valence-electron chi connectivity index (χ2n) is 9.68. The molecule has 9 nitrogen and oxygen atoms in total. The third-order valence-corrected chi connectivity index (χ3v) is 5.41. The smallest absolute Gasteiger partial charge is 0.251 e. The fourth-order valence-electron chi connectivity index (χ4n) is 3.84. The van der Waals surface area contributed by atoms with Gasteiger partial charge in [0.25, 0.3) is 5.91 Å². The molecule has 10 heteroatoms. The minimum Gasteiger partial charge on any atom is -0.349 e. The van der Waals surface area contributed by atoms with Crippen molar-refractivity contribution in [1.29, 1.82) is 0 Å². The number of anilines is 1. The molecule has 0 saturated carbocycles. The van der Waals surface area contributed by atoms with Gasteiger partial charge in [0.2, 0.25) is 11.7 Å².